The first-order valence-electron chi connectivity index (χ1n) is 10.4. The van der Waals surface area contributed by atoms with Gasteiger partial charge in [-0.05, 0) is 70.9 Å². The summed E-state index contributed by atoms with van der Waals surface area (Å²) in [6.07, 6.45) is 1.22. The fourth-order valence-corrected chi connectivity index (χ4v) is 4.15. The number of H-pyrrole nitrogens is 1. The largest absolute Gasteiger partial charge is 0.507 e. The molecule has 0 atom stereocenters. The normalized spacial score (nSPS) is 13.5. The van der Waals surface area contributed by atoms with Gasteiger partial charge in [0.15, 0.2) is 0 Å². The van der Waals surface area contributed by atoms with E-state index in [0.717, 1.165) is 34.3 Å². The van der Waals surface area contributed by atoms with Crippen molar-refractivity contribution in [2.24, 2.45) is 4.99 Å². The van der Waals surface area contributed by atoms with Crippen LogP contribution in [0.1, 0.15) is 12.0 Å². The highest BCUT2D eigenvalue weighted by Gasteiger charge is 2.24. The Morgan fingerprint density at radius 2 is 1.65 bits per heavy atom. The quantitative estimate of drug-likeness (QED) is 0.540. The predicted molar refractivity (Wildman–Crippen MR) is 122 cm³/mol. The number of nitrogens with one attached hydrogen (secondary N) is 1. The summed E-state index contributed by atoms with van der Waals surface area (Å²) >= 11 is 0. The number of phenolic OH excluding ortho intramolecular Hbond substituents is 2. The van der Waals surface area contributed by atoms with Crippen molar-refractivity contribution in [1.29, 1.82) is 0 Å². The van der Waals surface area contributed by atoms with Crippen molar-refractivity contribution in [2.75, 3.05) is 41.3 Å². The van der Waals surface area contributed by atoms with Gasteiger partial charge in [0.2, 0.25) is 0 Å². The van der Waals surface area contributed by atoms with Gasteiger partial charge in [0.25, 0.3) is 5.91 Å². The molecule has 0 fully saturated rings. The third-order valence-electron chi connectivity index (χ3n) is 5.72. The summed E-state index contributed by atoms with van der Waals surface area (Å²) in [4.78, 5) is 24.6. The Morgan fingerprint density at radius 1 is 0.935 bits per heavy atom. The first-order valence-corrected chi connectivity index (χ1v) is 10.4. The summed E-state index contributed by atoms with van der Waals surface area (Å²) in [7, 11) is 7.91. The lowest BCUT2D eigenvalue weighted by molar-refractivity contribution is -0.112. The van der Waals surface area contributed by atoms with Crippen LogP contribution in [0.15, 0.2) is 35.3 Å². The van der Waals surface area contributed by atoms with Crippen LogP contribution >= 0.6 is 0 Å². The molecule has 4 rings (SSSR count). The molecule has 2 aromatic carbocycles. The van der Waals surface area contributed by atoms with Gasteiger partial charge in [0, 0.05) is 35.1 Å². The molecule has 3 aromatic rings. The van der Waals surface area contributed by atoms with Gasteiger partial charge in [-0.15, -0.1) is 0 Å². The predicted octanol–water partition coefficient (Wildman–Crippen LogP) is 1.61. The second-order valence-electron chi connectivity index (χ2n) is 8.54. The average Bonchev–Trinajstić information content (AvgIpc) is 3.24. The number of hydrogen-bond acceptors (Lipinski definition) is 5. The molecular weight excluding hydrogens is 392 g/mol. The SMILES string of the molecule is CN(C)CCC1=c2c(O)ccc(-c3[nH]c4cccc(O)c4c3CCN(C)C)c2=NC1=O. The summed E-state index contributed by atoms with van der Waals surface area (Å²) in [5, 5.41) is 22.9. The van der Waals surface area contributed by atoms with Crippen LogP contribution in [0.3, 0.4) is 0 Å². The molecule has 0 spiro atoms. The summed E-state index contributed by atoms with van der Waals surface area (Å²) in [6.45, 7) is 1.49. The Bertz CT molecular complexity index is 1290. The molecular formula is C24H28N4O3. The van der Waals surface area contributed by atoms with E-state index in [1.54, 1.807) is 24.3 Å². The second kappa shape index (κ2) is 8.17. The first kappa shape index (κ1) is 21.1. The van der Waals surface area contributed by atoms with E-state index in [2.05, 4.69) is 14.9 Å². The molecule has 1 aliphatic heterocycles. The van der Waals surface area contributed by atoms with Gasteiger partial charge >= 0.3 is 0 Å². The number of nitrogens with zero attached hydrogens (tertiary/aromatic N) is 3. The Hall–Kier alpha value is -3.16. The summed E-state index contributed by atoms with van der Waals surface area (Å²) in [6, 6.07) is 8.83. The number of aromatic nitrogens is 1. The molecule has 1 amide bonds. The van der Waals surface area contributed by atoms with Crippen molar-refractivity contribution in [2.45, 2.75) is 12.8 Å². The van der Waals surface area contributed by atoms with Crippen LogP contribution in [-0.2, 0) is 11.2 Å². The van der Waals surface area contributed by atoms with Gasteiger partial charge in [0.05, 0.1) is 16.3 Å². The van der Waals surface area contributed by atoms with Gasteiger partial charge < -0.3 is 25.0 Å². The number of likely N-dealkylation sites (N-methyl/N-ethyl adjacent to an activating group) is 1. The first-order chi connectivity index (χ1) is 14.8. The zero-order chi connectivity index (χ0) is 22.3. The van der Waals surface area contributed by atoms with Gasteiger partial charge in [-0.3, -0.25) is 4.79 Å². The van der Waals surface area contributed by atoms with E-state index in [9.17, 15) is 15.0 Å². The number of benzene rings is 2. The van der Waals surface area contributed by atoms with Gasteiger partial charge in [0.1, 0.15) is 11.5 Å². The number of fused-ring (bicyclic) bond motifs is 2. The molecule has 1 aromatic heterocycles. The molecule has 162 valence electrons. The minimum absolute atomic E-state index is 0.0657. The highest BCUT2D eigenvalue weighted by molar-refractivity contribution is 6.16. The molecule has 0 saturated heterocycles. The zero-order valence-electron chi connectivity index (χ0n) is 18.4. The fraction of sp³-hybridized carbons (Fsp3) is 0.333. The van der Waals surface area contributed by atoms with E-state index < -0.39 is 0 Å². The van der Waals surface area contributed by atoms with Crippen LogP contribution in [0.4, 0.5) is 0 Å². The van der Waals surface area contributed by atoms with Gasteiger partial charge in [-0.25, -0.2) is 4.99 Å². The molecule has 0 unspecified atom stereocenters. The van der Waals surface area contributed by atoms with Crippen LogP contribution in [0.2, 0.25) is 0 Å². The minimum atomic E-state index is -0.298. The van der Waals surface area contributed by atoms with E-state index in [1.165, 1.54) is 0 Å². The van der Waals surface area contributed by atoms with Crippen LogP contribution in [0.25, 0.3) is 27.7 Å². The maximum absolute atomic E-state index is 12.7. The molecule has 31 heavy (non-hydrogen) atoms. The summed E-state index contributed by atoms with van der Waals surface area (Å²) in [5.74, 6) is -0.0141. The standard InChI is InChI=1S/C24H28N4O3/c1-27(2)12-10-14-20-17(6-5-7-18(20)29)25-22(14)16-8-9-19(30)21-15(11-13-28(3)4)24(31)26-23(16)21/h5-9,25,29-30H,10-13H2,1-4H3. The molecule has 3 N–H and O–H groups in total. The third kappa shape index (κ3) is 3.82. The molecule has 0 aliphatic carbocycles. The summed E-state index contributed by atoms with van der Waals surface area (Å²) < 4.78 is 0. The number of hydrogen-bond donors (Lipinski definition) is 3. The number of rotatable bonds is 7. The van der Waals surface area contributed by atoms with Crippen LogP contribution in [0.5, 0.6) is 11.5 Å². The van der Waals surface area contributed by atoms with E-state index in [-0.39, 0.29) is 17.4 Å². The van der Waals surface area contributed by atoms with Crippen molar-refractivity contribution in [3.05, 3.63) is 46.5 Å². The van der Waals surface area contributed by atoms with E-state index in [0.29, 0.717) is 35.5 Å². The van der Waals surface area contributed by atoms with Crippen molar-refractivity contribution >= 4 is 22.4 Å². The molecule has 7 nitrogen and oxygen atoms in total. The van der Waals surface area contributed by atoms with E-state index >= 15 is 0 Å². The Balaban J connectivity index is 1.97. The van der Waals surface area contributed by atoms with Gasteiger partial charge in [-0.2, -0.15) is 0 Å². The smallest absolute Gasteiger partial charge is 0.274 e. The minimum Gasteiger partial charge on any atom is -0.507 e. The van der Waals surface area contributed by atoms with E-state index in [4.69, 9.17) is 0 Å². The topological polar surface area (TPSA) is 92.2 Å². The number of aromatic amines is 1. The molecule has 0 saturated carbocycles. The lowest BCUT2D eigenvalue weighted by Crippen LogP contribution is -2.27. The molecule has 7 heteroatoms. The molecule has 1 aliphatic rings. The maximum Gasteiger partial charge on any atom is 0.274 e. The number of aromatic hydroxyl groups is 2. The lowest BCUT2D eigenvalue weighted by atomic mass is 9.99. The fourth-order valence-electron chi connectivity index (χ4n) is 4.15. The Labute approximate surface area is 180 Å². The van der Waals surface area contributed by atoms with Crippen LogP contribution < -0.4 is 10.6 Å². The van der Waals surface area contributed by atoms with Crippen molar-refractivity contribution in [3.63, 3.8) is 0 Å². The van der Waals surface area contributed by atoms with Crippen LogP contribution in [-0.4, -0.2) is 72.2 Å². The number of carbonyl (C=O) groups excluding carboxylic acids is 1. The highest BCUT2D eigenvalue weighted by atomic mass is 16.3. The van der Waals surface area contributed by atoms with E-state index in [1.807, 2.05) is 39.2 Å². The highest BCUT2D eigenvalue weighted by Crippen LogP contribution is 2.35. The lowest BCUT2D eigenvalue weighted by Gasteiger charge is -2.11. The molecule has 2 heterocycles. The van der Waals surface area contributed by atoms with Crippen molar-refractivity contribution < 1.29 is 15.0 Å². The van der Waals surface area contributed by atoms with Crippen LogP contribution in [0, 0.1) is 0 Å². The Morgan fingerprint density at radius 3 is 2.35 bits per heavy atom. The van der Waals surface area contributed by atoms with Gasteiger partial charge in [-0.1, -0.05) is 6.07 Å². The number of phenols is 2. The number of carbonyl (C=O) groups is 1. The third-order valence-corrected chi connectivity index (χ3v) is 5.72. The van der Waals surface area contributed by atoms with Crippen molar-refractivity contribution in [3.8, 4) is 22.8 Å². The molecule has 0 bridgehead atoms. The number of amides is 1. The summed E-state index contributed by atoms with van der Waals surface area (Å²) in [5.41, 5.74) is 3.91. The average molecular weight is 421 g/mol. The zero-order valence-corrected chi connectivity index (χ0v) is 18.4. The maximum atomic E-state index is 12.7. The van der Waals surface area contributed by atoms with Crippen molar-refractivity contribution in [1.82, 2.24) is 14.8 Å². The second-order valence-corrected chi connectivity index (χ2v) is 8.54. The Kier molecular flexibility index (Phi) is 5.56. The monoisotopic (exact) mass is 420 g/mol. The molecule has 0 radical (unpaired) electrons.